The van der Waals surface area contributed by atoms with E-state index in [1.807, 2.05) is 12.1 Å². The molecule has 0 spiro atoms. The SMILES string of the molecule is CC(C)C1CN(CC(=O)NC2CC2)CCCN1Cc1ccc(F)cc1. The Morgan fingerprint density at radius 2 is 1.96 bits per heavy atom. The van der Waals surface area contributed by atoms with Gasteiger partial charge in [-0.3, -0.25) is 14.6 Å². The lowest BCUT2D eigenvalue weighted by atomic mass is 10.0. The smallest absolute Gasteiger partial charge is 0.234 e. The maximum atomic E-state index is 13.1. The van der Waals surface area contributed by atoms with E-state index in [-0.39, 0.29) is 11.7 Å². The second kappa shape index (κ2) is 8.28. The highest BCUT2D eigenvalue weighted by Crippen LogP contribution is 2.21. The van der Waals surface area contributed by atoms with E-state index in [0.29, 0.717) is 24.5 Å². The Morgan fingerprint density at radius 3 is 2.60 bits per heavy atom. The molecule has 4 nitrogen and oxygen atoms in total. The highest BCUT2D eigenvalue weighted by molar-refractivity contribution is 5.78. The number of rotatable bonds is 6. The van der Waals surface area contributed by atoms with Crippen LogP contribution in [0.1, 0.15) is 38.7 Å². The third kappa shape index (κ3) is 5.51. The zero-order valence-corrected chi connectivity index (χ0v) is 15.4. The number of hydrogen-bond donors (Lipinski definition) is 1. The van der Waals surface area contributed by atoms with Crippen LogP contribution in [0, 0.1) is 11.7 Å². The summed E-state index contributed by atoms with van der Waals surface area (Å²) >= 11 is 0. The van der Waals surface area contributed by atoms with Crippen molar-refractivity contribution in [2.75, 3.05) is 26.2 Å². The maximum absolute atomic E-state index is 13.1. The minimum atomic E-state index is -0.187. The first-order valence-electron chi connectivity index (χ1n) is 9.51. The fraction of sp³-hybridized carbons (Fsp3) is 0.650. The Bertz CT molecular complexity index is 571. The fourth-order valence-corrected chi connectivity index (χ4v) is 3.64. The van der Waals surface area contributed by atoms with Gasteiger partial charge in [-0.25, -0.2) is 4.39 Å². The average Bonchev–Trinajstić information content (AvgIpc) is 3.38. The van der Waals surface area contributed by atoms with Crippen molar-refractivity contribution >= 4 is 5.91 Å². The van der Waals surface area contributed by atoms with Crippen LogP contribution in [0.4, 0.5) is 4.39 Å². The number of carbonyl (C=O) groups excluding carboxylic acids is 1. The molecule has 1 N–H and O–H groups in total. The Balaban J connectivity index is 1.61. The number of benzene rings is 1. The van der Waals surface area contributed by atoms with Crippen molar-refractivity contribution in [2.24, 2.45) is 5.92 Å². The van der Waals surface area contributed by atoms with Gasteiger partial charge in [0.1, 0.15) is 5.82 Å². The summed E-state index contributed by atoms with van der Waals surface area (Å²) in [6.45, 7) is 8.72. The van der Waals surface area contributed by atoms with Crippen LogP contribution in [0.5, 0.6) is 0 Å². The second-order valence-electron chi connectivity index (χ2n) is 7.84. The molecule has 0 aromatic heterocycles. The van der Waals surface area contributed by atoms with Crippen molar-refractivity contribution in [3.63, 3.8) is 0 Å². The summed E-state index contributed by atoms with van der Waals surface area (Å²) < 4.78 is 13.1. The summed E-state index contributed by atoms with van der Waals surface area (Å²) in [5.74, 6) is 0.484. The summed E-state index contributed by atoms with van der Waals surface area (Å²) in [6, 6.07) is 7.64. The highest BCUT2D eigenvalue weighted by atomic mass is 19.1. The number of halogens is 1. The first-order chi connectivity index (χ1) is 12.0. The number of hydrogen-bond acceptors (Lipinski definition) is 3. The van der Waals surface area contributed by atoms with Gasteiger partial charge in [0.25, 0.3) is 0 Å². The number of nitrogens with zero attached hydrogens (tertiary/aromatic N) is 2. The first-order valence-corrected chi connectivity index (χ1v) is 9.51. The minimum absolute atomic E-state index is 0.164. The largest absolute Gasteiger partial charge is 0.352 e. The van der Waals surface area contributed by atoms with E-state index >= 15 is 0 Å². The molecule has 1 heterocycles. The molecule has 5 heteroatoms. The van der Waals surface area contributed by atoms with Crippen LogP contribution in [-0.4, -0.2) is 54.0 Å². The van der Waals surface area contributed by atoms with E-state index in [0.717, 1.165) is 51.0 Å². The standard InChI is InChI=1S/C20H30FN3O/c1-15(2)19-13-23(14-20(25)22-18-8-9-18)10-3-11-24(19)12-16-4-6-17(21)7-5-16/h4-7,15,18-19H,3,8-14H2,1-2H3,(H,22,25). The van der Waals surface area contributed by atoms with Gasteiger partial charge in [-0.1, -0.05) is 26.0 Å². The van der Waals surface area contributed by atoms with Gasteiger partial charge in [0.05, 0.1) is 6.54 Å². The molecule has 1 aliphatic heterocycles. The summed E-state index contributed by atoms with van der Waals surface area (Å²) in [5, 5.41) is 3.09. The minimum Gasteiger partial charge on any atom is -0.352 e. The van der Waals surface area contributed by atoms with Crippen molar-refractivity contribution in [3.05, 3.63) is 35.6 Å². The number of amides is 1. The van der Waals surface area contributed by atoms with Crippen LogP contribution >= 0.6 is 0 Å². The van der Waals surface area contributed by atoms with Crippen molar-refractivity contribution in [3.8, 4) is 0 Å². The molecule has 0 bridgehead atoms. The predicted molar refractivity (Wildman–Crippen MR) is 97.7 cm³/mol. The predicted octanol–water partition coefficient (Wildman–Crippen LogP) is 2.64. The van der Waals surface area contributed by atoms with Crippen molar-refractivity contribution in [2.45, 2.75) is 51.7 Å². The zero-order chi connectivity index (χ0) is 17.8. The monoisotopic (exact) mass is 347 g/mol. The lowest BCUT2D eigenvalue weighted by Crippen LogP contribution is -2.46. The average molecular weight is 347 g/mol. The summed E-state index contributed by atoms with van der Waals surface area (Å²) in [4.78, 5) is 16.9. The van der Waals surface area contributed by atoms with Gasteiger partial charge in [0.2, 0.25) is 5.91 Å². The van der Waals surface area contributed by atoms with E-state index in [2.05, 4.69) is 29.0 Å². The molecule has 25 heavy (non-hydrogen) atoms. The van der Waals surface area contributed by atoms with Gasteiger partial charge in [-0.2, -0.15) is 0 Å². The topological polar surface area (TPSA) is 35.6 Å². The summed E-state index contributed by atoms with van der Waals surface area (Å²) in [5.41, 5.74) is 1.15. The Morgan fingerprint density at radius 1 is 1.24 bits per heavy atom. The number of nitrogens with one attached hydrogen (secondary N) is 1. The molecular weight excluding hydrogens is 317 g/mol. The molecule has 3 rings (SSSR count). The molecule has 1 saturated heterocycles. The van der Waals surface area contributed by atoms with Gasteiger partial charge in [0, 0.05) is 31.7 Å². The van der Waals surface area contributed by atoms with Crippen molar-refractivity contribution in [1.82, 2.24) is 15.1 Å². The van der Waals surface area contributed by atoms with Crippen LogP contribution in [0.25, 0.3) is 0 Å². The molecule has 0 radical (unpaired) electrons. The number of carbonyl (C=O) groups is 1. The maximum Gasteiger partial charge on any atom is 0.234 e. The molecule has 1 unspecified atom stereocenters. The molecule has 1 aromatic rings. The lowest BCUT2D eigenvalue weighted by Gasteiger charge is -2.34. The summed E-state index contributed by atoms with van der Waals surface area (Å²) in [6.07, 6.45) is 3.32. The van der Waals surface area contributed by atoms with Crippen LogP contribution < -0.4 is 5.32 Å². The molecule has 138 valence electrons. The Labute approximate surface area is 150 Å². The van der Waals surface area contributed by atoms with Gasteiger partial charge in [0.15, 0.2) is 0 Å². The molecule has 1 aliphatic carbocycles. The Hall–Kier alpha value is -1.46. The van der Waals surface area contributed by atoms with Crippen LogP contribution in [-0.2, 0) is 11.3 Å². The van der Waals surface area contributed by atoms with E-state index in [9.17, 15) is 9.18 Å². The normalized spacial score (nSPS) is 22.8. The van der Waals surface area contributed by atoms with Crippen molar-refractivity contribution < 1.29 is 9.18 Å². The van der Waals surface area contributed by atoms with Crippen LogP contribution in [0.2, 0.25) is 0 Å². The third-order valence-electron chi connectivity index (χ3n) is 5.21. The molecule has 1 saturated carbocycles. The van der Waals surface area contributed by atoms with Crippen LogP contribution in [0.3, 0.4) is 0 Å². The highest BCUT2D eigenvalue weighted by Gasteiger charge is 2.29. The van der Waals surface area contributed by atoms with E-state index in [1.54, 1.807) is 0 Å². The van der Waals surface area contributed by atoms with Gasteiger partial charge >= 0.3 is 0 Å². The lowest BCUT2D eigenvalue weighted by molar-refractivity contribution is -0.122. The third-order valence-corrected chi connectivity index (χ3v) is 5.21. The molecule has 2 aliphatic rings. The zero-order valence-electron chi connectivity index (χ0n) is 15.4. The summed E-state index contributed by atoms with van der Waals surface area (Å²) in [7, 11) is 0. The second-order valence-corrected chi connectivity index (χ2v) is 7.84. The van der Waals surface area contributed by atoms with Gasteiger partial charge < -0.3 is 5.32 Å². The molecule has 1 amide bonds. The fourth-order valence-electron chi connectivity index (χ4n) is 3.64. The van der Waals surface area contributed by atoms with E-state index in [1.165, 1.54) is 12.1 Å². The molecule has 2 fully saturated rings. The molecular formula is C20H30FN3O. The molecule has 1 atom stereocenters. The Kier molecular flexibility index (Phi) is 6.07. The molecule has 1 aromatic carbocycles. The van der Waals surface area contributed by atoms with Crippen molar-refractivity contribution in [1.29, 1.82) is 0 Å². The van der Waals surface area contributed by atoms with Gasteiger partial charge in [-0.15, -0.1) is 0 Å². The van der Waals surface area contributed by atoms with Crippen LogP contribution in [0.15, 0.2) is 24.3 Å². The quantitative estimate of drug-likeness (QED) is 0.859. The van der Waals surface area contributed by atoms with Gasteiger partial charge in [-0.05, 0) is 49.4 Å². The first kappa shape index (κ1) is 18.3. The van der Waals surface area contributed by atoms with E-state index in [4.69, 9.17) is 0 Å². The van der Waals surface area contributed by atoms with E-state index < -0.39 is 0 Å².